The average molecular weight is 504 g/mol. The summed E-state index contributed by atoms with van der Waals surface area (Å²) in [6.07, 6.45) is -11.0. The van der Waals surface area contributed by atoms with Gasteiger partial charge in [-0.1, -0.05) is 30.3 Å². The van der Waals surface area contributed by atoms with Crippen LogP contribution >= 0.6 is 0 Å². The molecular weight excluding hydrogens is 478 g/mol. The van der Waals surface area contributed by atoms with Crippen LogP contribution in [0.3, 0.4) is 0 Å². The predicted octanol–water partition coefficient (Wildman–Crippen LogP) is 5.81. The summed E-state index contributed by atoms with van der Waals surface area (Å²) >= 11 is 0. The van der Waals surface area contributed by atoms with Gasteiger partial charge in [-0.05, 0) is 49.1 Å². The van der Waals surface area contributed by atoms with Gasteiger partial charge in [-0.2, -0.15) is 26.3 Å². The van der Waals surface area contributed by atoms with Gasteiger partial charge in [-0.25, -0.2) is 4.79 Å². The van der Waals surface area contributed by atoms with Gasteiger partial charge in [0.2, 0.25) is 0 Å². The molecule has 0 aliphatic carbocycles. The molecule has 1 fully saturated rings. The van der Waals surface area contributed by atoms with Crippen LogP contribution in [-0.4, -0.2) is 32.4 Å². The maximum absolute atomic E-state index is 13.3. The number of amides is 1. The molecule has 0 saturated carbocycles. The number of hydrogen-bond donors (Lipinski definition) is 2. The van der Waals surface area contributed by atoms with Gasteiger partial charge >= 0.3 is 18.4 Å². The molecule has 0 bridgehead atoms. The third-order valence-electron chi connectivity index (χ3n) is 6.02. The Morgan fingerprint density at radius 3 is 2.17 bits per heavy atom. The van der Waals surface area contributed by atoms with Crippen molar-refractivity contribution in [3.63, 3.8) is 0 Å². The Morgan fingerprint density at radius 1 is 1.09 bits per heavy atom. The van der Waals surface area contributed by atoms with Gasteiger partial charge in [0.15, 0.2) is 0 Å². The first-order valence-electron chi connectivity index (χ1n) is 10.9. The lowest BCUT2D eigenvalue weighted by Gasteiger charge is -2.41. The second kappa shape index (κ2) is 10.4. The quantitative estimate of drug-likeness (QED) is 0.488. The first-order chi connectivity index (χ1) is 16.3. The molecule has 11 heteroatoms. The van der Waals surface area contributed by atoms with Crippen molar-refractivity contribution in [2.45, 2.75) is 49.9 Å². The van der Waals surface area contributed by atoms with Gasteiger partial charge in [0.25, 0.3) is 0 Å². The van der Waals surface area contributed by atoms with Gasteiger partial charge < -0.3 is 20.1 Å². The fourth-order valence-corrected chi connectivity index (χ4v) is 4.01. The van der Waals surface area contributed by atoms with E-state index in [4.69, 9.17) is 9.47 Å². The number of rotatable bonds is 6. The standard InChI is InChI=1S/C24H26F6N2O3/c1-15(16-10-18(23(25,26)27)12-19(11-16)24(28,29)30)34-14-22(17-6-4-3-5-7-17)9-8-20(13-32-22)35-21(33)31-2/h3-7,10-12,15,20,32H,8-9,13-14H2,1-2H3,(H,31,33). The summed E-state index contributed by atoms with van der Waals surface area (Å²) in [6, 6.07) is 10.6. The second-order valence-electron chi connectivity index (χ2n) is 8.44. The molecule has 1 amide bonds. The Hall–Kier alpha value is -2.79. The van der Waals surface area contributed by atoms with Crippen molar-refractivity contribution in [3.8, 4) is 0 Å². The number of halogens is 6. The molecule has 0 aromatic heterocycles. The van der Waals surface area contributed by atoms with E-state index < -0.39 is 47.3 Å². The topological polar surface area (TPSA) is 59.6 Å². The Morgan fingerprint density at radius 2 is 1.69 bits per heavy atom. The molecule has 1 aliphatic rings. The predicted molar refractivity (Wildman–Crippen MR) is 115 cm³/mol. The summed E-state index contributed by atoms with van der Waals surface area (Å²) in [5.41, 5.74) is -2.94. The fourth-order valence-electron chi connectivity index (χ4n) is 4.01. The summed E-state index contributed by atoms with van der Waals surface area (Å²) < 4.78 is 90.7. The highest BCUT2D eigenvalue weighted by Gasteiger charge is 2.40. The first kappa shape index (κ1) is 26.8. The van der Waals surface area contributed by atoms with Gasteiger partial charge in [0.1, 0.15) is 6.10 Å². The smallest absolute Gasteiger partial charge is 0.416 e. The maximum atomic E-state index is 13.3. The number of alkyl halides is 6. The zero-order chi connectivity index (χ0) is 25.9. The van der Waals surface area contributed by atoms with Crippen molar-refractivity contribution in [1.82, 2.24) is 10.6 Å². The monoisotopic (exact) mass is 504 g/mol. The van der Waals surface area contributed by atoms with Crippen LogP contribution in [0.4, 0.5) is 31.1 Å². The lowest BCUT2D eigenvalue weighted by Crippen LogP contribution is -2.54. The normalized spacial score (nSPS) is 21.9. The molecule has 1 heterocycles. The van der Waals surface area contributed by atoms with Crippen LogP contribution in [0.15, 0.2) is 48.5 Å². The van der Waals surface area contributed by atoms with E-state index in [-0.39, 0.29) is 18.2 Å². The minimum atomic E-state index is -4.94. The third-order valence-corrected chi connectivity index (χ3v) is 6.02. The maximum Gasteiger partial charge on any atom is 0.416 e. The SMILES string of the molecule is CNC(=O)OC1CCC(COC(C)c2cc(C(F)(F)F)cc(C(F)(F)F)c2)(c2ccccc2)NC1. The highest BCUT2D eigenvalue weighted by molar-refractivity contribution is 5.66. The highest BCUT2D eigenvalue weighted by Crippen LogP contribution is 2.39. The Kier molecular flexibility index (Phi) is 8.00. The van der Waals surface area contributed by atoms with E-state index in [1.807, 2.05) is 30.3 Å². The molecule has 35 heavy (non-hydrogen) atoms. The van der Waals surface area contributed by atoms with Crippen LogP contribution in [0, 0.1) is 0 Å². The van der Waals surface area contributed by atoms with Crippen LogP contribution < -0.4 is 10.6 Å². The molecular formula is C24H26F6N2O3. The van der Waals surface area contributed by atoms with Crippen LogP contribution in [-0.2, 0) is 27.4 Å². The van der Waals surface area contributed by atoms with Crippen molar-refractivity contribution >= 4 is 6.09 Å². The second-order valence-corrected chi connectivity index (χ2v) is 8.44. The number of nitrogens with one attached hydrogen (secondary N) is 2. The number of ether oxygens (including phenoxy) is 2. The van der Waals surface area contributed by atoms with Gasteiger partial charge in [-0.15, -0.1) is 0 Å². The summed E-state index contributed by atoms with van der Waals surface area (Å²) in [7, 11) is 1.44. The Balaban J connectivity index is 1.83. The molecule has 2 aromatic carbocycles. The Bertz CT molecular complexity index is 970. The summed E-state index contributed by atoms with van der Waals surface area (Å²) in [5.74, 6) is 0. The van der Waals surface area contributed by atoms with E-state index in [1.165, 1.54) is 14.0 Å². The van der Waals surface area contributed by atoms with E-state index >= 15 is 0 Å². The van der Waals surface area contributed by atoms with E-state index in [1.54, 1.807) is 0 Å². The number of carbonyl (C=O) groups excluding carboxylic acids is 1. The lowest BCUT2D eigenvalue weighted by molar-refractivity contribution is -0.143. The van der Waals surface area contributed by atoms with Crippen LogP contribution in [0.2, 0.25) is 0 Å². The molecule has 1 aliphatic heterocycles. The van der Waals surface area contributed by atoms with Crippen LogP contribution in [0.25, 0.3) is 0 Å². The molecule has 2 aromatic rings. The zero-order valence-corrected chi connectivity index (χ0v) is 19.1. The largest absolute Gasteiger partial charge is 0.445 e. The number of benzene rings is 2. The molecule has 3 atom stereocenters. The highest BCUT2D eigenvalue weighted by atomic mass is 19.4. The van der Waals surface area contributed by atoms with Gasteiger partial charge in [0.05, 0.1) is 29.4 Å². The summed E-state index contributed by atoms with van der Waals surface area (Å²) in [5, 5.41) is 5.70. The summed E-state index contributed by atoms with van der Waals surface area (Å²) in [4.78, 5) is 11.5. The van der Waals surface area contributed by atoms with Crippen molar-refractivity contribution in [2.75, 3.05) is 20.2 Å². The van der Waals surface area contributed by atoms with Crippen molar-refractivity contribution in [3.05, 3.63) is 70.8 Å². The minimum Gasteiger partial charge on any atom is -0.445 e. The van der Waals surface area contributed by atoms with E-state index in [9.17, 15) is 31.1 Å². The van der Waals surface area contributed by atoms with Crippen molar-refractivity contribution in [2.24, 2.45) is 0 Å². The minimum absolute atomic E-state index is 0.0253. The number of piperidine rings is 1. The van der Waals surface area contributed by atoms with E-state index in [2.05, 4.69) is 10.6 Å². The Labute approximate surface area is 198 Å². The first-order valence-corrected chi connectivity index (χ1v) is 10.9. The number of alkyl carbamates (subject to hydrolysis) is 1. The van der Waals surface area contributed by atoms with E-state index in [0.29, 0.717) is 31.5 Å². The molecule has 0 spiro atoms. The van der Waals surface area contributed by atoms with Crippen molar-refractivity contribution < 1.29 is 40.6 Å². The molecule has 1 saturated heterocycles. The number of carbonyl (C=O) groups is 1. The molecule has 192 valence electrons. The molecule has 5 nitrogen and oxygen atoms in total. The van der Waals surface area contributed by atoms with Crippen LogP contribution in [0.5, 0.6) is 0 Å². The molecule has 3 rings (SSSR count). The van der Waals surface area contributed by atoms with Gasteiger partial charge in [-0.3, -0.25) is 0 Å². The zero-order valence-electron chi connectivity index (χ0n) is 19.1. The molecule has 2 N–H and O–H groups in total. The number of hydrogen-bond acceptors (Lipinski definition) is 4. The van der Waals surface area contributed by atoms with Crippen LogP contribution in [0.1, 0.15) is 48.1 Å². The fraction of sp³-hybridized carbons (Fsp3) is 0.458. The average Bonchev–Trinajstić information content (AvgIpc) is 2.82. The van der Waals surface area contributed by atoms with Gasteiger partial charge in [0, 0.05) is 13.6 Å². The lowest BCUT2D eigenvalue weighted by atomic mass is 9.82. The molecule has 3 unspecified atom stereocenters. The summed E-state index contributed by atoms with van der Waals surface area (Å²) in [6.45, 7) is 1.68. The van der Waals surface area contributed by atoms with E-state index in [0.717, 1.165) is 5.56 Å². The van der Waals surface area contributed by atoms with Crippen molar-refractivity contribution in [1.29, 1.82) is 0 Å². The molecule has 0 radical (unpaired) electrons. The third kappa shape index (κ3) is 6.66.